The second kappa shape index (κ2) is 16.7. The van der Waals surface area contributed by atoms with Crippen LogP contribution in [0.5, 0.6) is 0 Å². The standard InChI is InChI=1S/C40H53N5O4/c1-7-30-19-20-31-18-16-29(24-32(31)17-15-27(30)4)21-22-40(5,6)39(49)43-35(26(2)3)37(47)42-34(25-28-12-9-8-10-13-28)38(48)45-23-11-14-33(44-45)36(41)46/h8-10,12-13,16,18-22,24,26,33-35,44H,7,11,14-15,17,23,25H2,1-6H3,(H2,41,46)(H,42,47)(H,43,49). The van der Waals surface area contributed by atoms with Gasteiger partial charge in [-0.25, -0.2) is 5.43 Å². The minimum absolute atomic E-state index is 0.240. The minimum atomic E-state index is -0.930. The number of carbonyl (C=O) groups excluding carboxylic acids is 4. The van der Waals surface area contributed by atoms with Crippen LogP contribution in [-0.4, -0.2) is 53.3 Å². The van der Waals surface area contributed by atoms with Gasteiger partial charge in [-0.05, 0) is 86.6 Å². The van der Waals surface area contributed by atoms with E-state index in [1.807, 2.05) is 70.2 Å². The van der Waals surface area contributed by atoms with Crippen molar-refractivity contribution < 1.29 is 19.2 Å². The van der Waals surface area contributed by atoms with Crippen LogP contribution < -0.4 is 21.8 Å². The lowest BCUT2D eigenvalue weighted by atomic mass is 9.88. The number of fused-ring (bicyclic) bond motifs is 1. The van der Waals surface area contributed by atoms with Gasteiger partial charge >= 0.3 is 0 Å². The van der Waals surface area contributed by atoms with Crippen LogP contribution in [0.25, 0.3) is 12.2 Å². The number of nitrogens with one attached hydrogen (secondary N) is 3. The molecule has 9 heteroatoms. The maximum Gasteiger partial charge on any atom is 0.259 e. The Kier molecular flexibility index (Phi) is 12.8. The van der Waals surface area contributed by atoms with Crippen molar-refractivity contribution in [1.82, 2.24) is 21.1 Å². The van der Waals surface area contributed by atoms with Gasteiger partial charge < -0.3 is 16.4 Å². The van der Waals surface area contributed by atoms with Crippen LogP contribution in [0, 0.1) is 11.3 Å². The number of benzene rings is 2. The van der Waals surface area contributed by atoms with E-state index in [1.54, 1.807) is 0 Å². The highest BCUT2D eigenvalue weighted by Gasteiger charge is 2.35. The van der Waals surface area contributed by atoms with Crippen LogP contribution in [0.3, 0.4) is 0 Å². The van der Waals surface area contributed by atoms with Crippen molar-refractivity contribution >= 4 is 35.8 Å². The Balaban J connectivity index is 1.47. The van der Waals surface area contributed by atoms with Crippen LogP contribution >= 0.6 is 0 Å². The molecule has 49 heavy (non-hydrogen) atoms. The van der Waals surface area contributed by atoms with E-state index in [1.165, 1.54) is 27.3 Å². The summed E-state index contributed by atoms with van der Waals surface area (Å²) in [7, 11) is 0. The number of hydrogen-bond acceptors (Lipinski definition) is 5. The highest BCUT2D eigenvalue weighted by atomic mass is 16.2. The van der Waals surface area contributed by atoms with E-state index in [0.717, 1.165) is 30.4 Å². The average Bonchev–Trinajstić information content (AvgIpc) is 3.08. The predicted octanol–water partition coefficient (Wildman–Crippen LogP) is 5.26. The summed E-state index contributed by atoms with van der Waals surface area (Å²) in [6.45, 7) is 12.1. The van der Waals surface area contributed by atoms with Gasteiger partial charge in [0, 0.05) is 13.0 Å². The summed E-state index contributed by atoms with van der Waals surface area (Å²) in [5.41, 5.74) is 14.7. The van der Waals surface area contributed by atoms with Gasteiger partial charge in [0.2, 0.25) is 17.7 Å². The number of amides is 4. The lowest BCUT2D eigenvalue weighted by Gasteiger charge is -2.35. The Bertz CT molecular complexity index is 1610. The number of hydrogen-bond donors (Lipinski definition) is 4. The van der Waals surface area contributed by atoms with E-state index in [4.69, 9.17) is 5.73 Å². The van der Waals surface area contributed by atoms with E-state index in [9.17, 15) is 19.2 Å². The van der Waals surface area contributed by atoms with Gasteiger partial charge in [-0.3, -0.25) is 24.2 Å². The molecule has 1 fully saturated rings. The molecule has 1 saturated heterocycles. The second-order valence-electron chi connectivity index (χ2n) is 14.2. The minimum Gasteiger partial charge on any atom is -0.368 e. The molecular formula is C40H53N5O4. The summed E-state index contributed by atoms with van der Waals surface area (Å²) in [6.07, 6.45) is 12.6. The molecular weight excluding hydrogens is 614 g/mol. The van der Waals surface area contributed by atoms with Gasteiger partial charge in [-0.15, -0.1) is 0 Å². The summed E-state index contributed by atoms with van der Waals surface area (Å²) < 4.78 is 0. The molecule has 0 aromatic heterocycles. The average molecular weight is 668 g/mol. The first-order valence-electron chi connectivity index (χ1n) is 17.5. The lowest BCUT2D eigenvalue weighted by molar-refractivity contribution is -0.143. The summed E-state index contributed by atoms with van der Waals surface area (Å²) in [4.78, 5) is 53.1. The molecule has 0 spiro atoms. The van der Waals surface area contributed by atoms with Gasteiger partial charge in [0.25, 0.3) is 5.91 Å². The summed E-state index contributed by atoms with van der Waals surface area (Å²) in [5, 5.41) is 7.27. The number of aryl methyl sites for hydroxylation is 1. The molecule has 3 unspecified atom stereocenters. The maximum absolute atomic E-state index is 13.8. The van der Waals surface area contributed by atoms with Crippen LogP contribution in [0.15, 0.2) is 71.8 Å². The molecule has 4 amide bonds. The summed E-state index contributed by atoms with van der Waals surface area (Å²) >= 11 is 0. The molecule has 0 bridgehead atoms. The molecule has 2 aromatic carbocycles. The Morgan fingerprint density at radius 1 is 1.04 bits per heavy atom. The summed E-state index contributed by atoms with van der Waals surface area (Å²) in [5.74, 6) is -1.91. The van der Waals surface area contributed by atoms with Crippen molar-refractivity contribution in [1.29, 1.82) is 0 Å². The molecule has 4 rings (SSSR count). The first-order valence-corrected chi connectivity index (χ1v) is 17.5. The van der Waals surface area contributed by atoms with Crippen molar-refractivity contribution in [3.05, 3.63) is 94.1 Å². The van der Waals surface area contributed by atoms with E-state index in [0.29, 0.717) is 19.4 Å². The highest BCUT2D eigenvalue weighted by Crippen LogP contribution is 2.26. The zero-order valence-electron chi connectivity index (χ0n) is 29.8. The number of nitrogens with two attached hydrogens (primary N) is 1. The zero-order valence-corrected chi connectivity index (χ0v) is 29.8. The van der Waals surface area contributed by atoms with Crippen LogP contribution in [0.1, 0.15) is 89.5 Å². The van der Waals surface area contributed by atoms with Crippen molar-refractivity contribution in [2.45, 2.75) is 98.2 Å². The van der Waals surface area contributed by atoms with Crippen molar-refractivity contribution in [2.75, 3.05) is 6.54 Å². The van der Waals surface area contributed by atoms with E-state index < -0.39 is 35.4 Å². The Labute approximate surface area is 291 Å². The third-order valence-corrected chi connectivity index (χ3v) is 9.54. The van der Waals surface area contributed by atoms with Gasteiger partial charge in [0.15, 0.2) is 0 Å². The number of hydrazine groups is 1. The van der Waals surface area contributed by atoms with Gasteiger partial charge in [-0.1, -0.05) is 99.2 Å². The smallest absolute Gasteiger partial charge is 0.259 e. The number of carbonyl (C=O) groups is 4. The normalized spacial score (nSPS) is 18.0. The van der Waals surface area contributed by atoms with Gasteiger partial charge in [0.1, 0.15) is 18.1 Å². The van der Waals surface area contributed by atoms with Gasteiger partial charge in [0.05, 0.1) is 5.41 Å². The molecule has 262 valence electrons. The summed E-state index contributed by atoms with van der Waals surface area (Å²) in [6, 6.07) is 13.3. The molecule has 1 heterocycles. The molecule has 0 saturated carbocycles. The zero-order chi connectivity index (χ0) is 35.7. The van der Waals surface area contributed by atoms with E-state index in [-0.39, 0.29) is 24.2 Å². The lowest BCUT2D eigenvalue weighted by Crippen LogP contribution is -2.62. The Hall–Kier alpha value is -4.50. The molecule has 3 atom stereocenters. The fourth-order valence-corrected chi connectivity index (χ4v) is 6.24. The maximum atomic E-state index is 13.8. The third-order valence-electron chi connectivity index (χ3n) is 9.54. The molecule has 1 aliphatic carbocycles. The first kappa shape index (κ1) is 37.3. The van der Waals surface area contributed by atoms with Gasteiger partial charge in [-0.2, -0.15) is 0 Å². The van der Waals surface area contributed by atoms with Crippen molar-refractivity contribution in [3.63, 3.8) is 0 Å². The number of rotatable bonds is 12. The number of primary amides is 1. The Morgan fingerprint density at radius 2 is 1.78 bits per heavy atom. The number of nitrogens with zero attached hydrogens (tertiary/aromatic N) is 1. The number of allylic oxidation sites excluding steroid dienone is 3. The van der Waals surface area contributed by atoms with Crippen LogP contribution in [0.4, 0.5) is 0 Å². The largest absolute Gasteiger partial charge is 0.368 e. The second-order valence-corrected chi connectivity index (χ2v) is 14.2. The topological polar surface area (TPSA) is 134 Å². The van der Waals surface area contributed by atoms with Crippen molar-refractivity contribution in [3.8, 4) is 0 Å². The monoisotopic (exact) mass is 667 g/mol. The molecule has 0 radical (unpaired) electrons. The third kappa shape index (κ3) is 10.0. The highest BCUT2D eigenvalue weighted by molar-refractivity contribution is 5.94. The van der Waals surface area contributed by atoms with E-state index in [2.05, 4.69) is 60.3 Å². The molecule has 2 aliphatic rings. The van der Waals surface area contributed by atoms with Crippen LogP contribution in [0.2, 0.25) is 0 Å². The Morgan fingerprint density at radius 3 is 2.45 bits per heavy atom. The molecule has 5 N–H and O–H groups in total. The predicted molar refractivity (Wildman–Crippen MR) is 196 cm³/mol. The molecule has 9 nitrogen and oxygen atoms in total. The first-order chi connectivity index (χ1) is 23.3. The molecule has 2 aromatic rings. The van der Waals surface area contributed by atoms with E-state index >= 15 is 0 Å². The quantitative estimate of drug-likeness (QED) is 0.245. The molecule has 1 aliphatic heterocycles. The van der Waals surface area contributed by atoms with Crippen molar-refractivity contribution in [2.24, 2.45) is 17.1 Å². The SMILES string of the molecule is CCC1=C(C)CCc2cc(C=CC(C)(C)C(=O)NC(C(=O)NC(Cc3ccccc3)C(=O)N3CCCC(C(N)=O)N3)C(C)C)ccc2C=C1. The fraction of sp³-hybridized carbons (Fsp3) is 0.450. The van der Waals surface area contributed by atoms with Crippen LogP contribution in [-0.2, 0) is 32.0 Å². The fourth-order valence-electron chi connectivity index (χ4n) is 6.24.